The van der Waals surface area contributed by atoms with Crippen LogP contribution in [0.2, 0.25) is 5.02 Å². The summed E-state index contributed by atoms with van der Waals surface area (Å²) in [5, 5.41) is 2.34. The minimum atomic E-state index is -3.07. The van der Waals surface area contributed by atoms with Crippen molar-refractivity contribution in [3.8, 4) is 5.75 Å². The molecule has 0 spiro atoms. The Bertz CT molecular complexity index is 944. The minimum Gasteiger partial charge on any atom is -0.483 e. The highest BCUT2D eigenvalue weighted by Crippen LogP contribution is 2.31. The number of benzene rings is 2. The molecule has 7 heteroatoms. The number of amides is 1. The summed E-state index contributed by atoms with van der Waals surface area (Å²) in [5.74, 6) is 0.574. The summed E-state index contributed by atoms with van der Waals surface area (Å²) in [6.45, 7) is 3.80. The van der Waals surface area contributed by atoms with Gasteiger partial charge in [-0.05, 0) is 31.9 Å². The number of sulfone groups is 1. The fraction of sp³-hybridized carbons (Fsp3) is 0.450. The van der Waals surface area contributed by atoms with E-state index in [9.17, 15) is 13.2 Å². The lowest BCUT2D eigenvalue weighted by Gasteiger charge is -2.33. The predicted octanol–water partition coefficient (Wildman–Crippen LogP) is 3.69. The van der Waals surface area contributed by atoms with E-state index in [4.69, 9.17) is 16.3 Å². The van der Waals surface area contributed by atoms with Crippen molar-refractivity contribution in [3.63, 3.8) is 0 Å². The number of fused-ring (bicyclic) bond motifs is 1. The molecule has 146 valence electrons. The number of nitrogens with zero attached hydrogens (tertiary/aromatic N) is 1. The summed E-state index contributed by atoms with van der Waals surface area (Å²) in [4.78, 5) is 14.6. The smallest absolute Gasteiger partial charge is 0.261 e. The van der Waals surface area contributed by atoms with Crippen LogP contribution in [0.15, 0.2) is 36.4 Å². The number of halogens is 1. The molecule has 0 N–H and O–H groups in total. The molecule has 2 aromatic rings. The van der Waals surface area contributed by atoms with Crippen molar-refractivity contribution in [2.45, 2.75) is 38.8 Å². The van der Waals surface area contributed by atoms with Gasteiger partial charge in [-0.25, -0.2) is 8.42 Å². The predicted molar refractivity (Wildman–Crippen MR) is 108 cm³/mol. The first-order valence-corrected chi connectivity index (χ1v) is 11.3. The van der Waals surface area contributed by atoms with Crippen molar-refractivity contribution in [1.29, 1.82) is 0 Å². The van der Waals surface area contributed by atoms with Gasteiger partial charge in [0.25, 0.3) is 5.91 Å². The summed E-state index contributed by atoms with van der Waals surface area (Å²) in [5.41, 5.74) is 0. The quantitative estimate of drug-likeness (QED) is 0.729. The zero-order chi connectivity index (χ0) is 19.6. The molecular formula is C20H24ClNO4S. The molecule has 1 fully saturated rings. The second-order valence-corrected chi connectivity index (χ2v) is 9.63. The number of hydrogen-bond acceptors (Lipinski definition) is 4. The van der Waals surface area contributed by atoms with E-state index in [1.807, 2.05) is 38.1 Å². The Kier molecular flexibility index (Phi) is 5.96. The van der Waals surface area contributed by atoms with Crippen molar-refractivity contribution in [1.82, 2.24) is 4.90 Å². The van der Waals surface area contributed by atoms with Crippen LogP contribution in [-0.4, -0.2) is 49.4 Å². The van der Waals surface area contributed by atoms with Crippen molar-refractivity contribution < 1.29 is 17.9 Å². The summed E-state index contributed by atoms with van der Waals surface area (Å²) >= 11 is 6.23. The minimum absolute atomic E-state index is 0.0347. The molecular weight excluding hydrogens is 386 g/mol. The normalized spacial score (nSPS) is 19.7. The zero-order valence-electron chi connectivity index (χ0n) is 15.5. The maximum absolute atomic E-state index is 12.9. The second-order valence-electron chi connectivity index (χ2n) is 6.99. The third kappa shape index (κ3) is 4.38. The first-order chi connectivity index (χ1) is 12.8. The van der Waals surface area contributed by atoms with Crippen LogP contribution in [0.4, 0.5) is 0 Å². The Morgan fingerprint density at radius 2 is 1.96 bits per heavy atom. The Labute approximate surface area is 165 Å². The second kappa shape index (κ2) is 8.07. The monoisotopic (exact) mass is 409 g/mol. The third-order valence-electron chi connectivity index (χ3n) is 5.14. The molecule has 0 aliphatic carbocycles. The van der Waals surface area contributed by atoms with E-state index in [1.165, 1.54) is 0 Å². The molecule has 0 unspecified atom stereocenters. The number of carbonyl (C=O) groups excluding carboxylic acids is 1. The van der Waals surface area contributed by atoms with E-state index in [0.717, 1.165) is 17.2 Å². The van der Waals surface area contributed by atoms with Gasteiger partial charge in [0.1, 0.15) is 5.75 Å². The molecule has 1 heterocycles. The van der Waals surface area contributed by atoms with Gasteiger partial charge in [0.15, 0.2) is 16.4 Å². The fourth-order valence-electron chi connectivity index (χ4n) is 3.58. The topological polar surface area (TPSA) is 63.7 Å². The lowest BCUT2D eigenvalue weighted by atomic mass is 10.1. The largest absolute Gasteiger partial charge is 0.483 e. The van der Waals surface area contributed by atoms with Crippen LogP contribution < -0.4 is 4.74 Å². The van der Waals surface area contributed by atoms with E-state index in [1.54, 1.807) is 17.0 Å². The summed E-state index contributed by atoms with van der Waals surface area (Å²) in [7, 11) is -3.07. The lowest BCUT2D eigenvalue weighted by molar-refractivity contribution is -0.137. The zero-order valence-corrected chi connectivity index (χ0v) is 17.1. The van der Waals surface area contributed by atoms with Crippen molar-refractivity contribution in [3.05, 3.63) is 41.4 Å². The number of hydrogen-bond donors (Lipinski definition) is 0. The molecule has 27 heavy (non-hydrogen) atoms. The van der Waals surface area contributed by atoms with Crippen LogP contribution in [0.25, 0.3) is 10.8 Å². The highest BCUT2D eigenvalue weighted by Gasteiger charge is 2.36. The van der Waals surface area contributed by atoms with Crippen molar-refractivity contribution in [2.75, 3.05) is 18.1 Å². The number of rotatable bonds is 6. The number of carbonyl (C=O) groups is 1. The highest BCUT2D eigenvalue weighted by molar-refractivity contribution is 7.91. The number of ether oxygens (including phenoxy) is 1. The first-order valence-electron chi connectivity index (χ1n) is 9.14. The molecule has 1 amide bonds. The van der Waals surface area contributed by atoms with E-state index in [2.05, 4.69) is 0 Å². The SMILES string of the molecule is CC[C@H](C)N(C(=O)COc1ccc(Cl)c2ccccc12)[C@H]1CCS(=O)(=O)C1. The molecule has 1 aliphatic heterocycles. The molecule has 2 atom stereocenters. The van der Waals surface area contributed by atoms with Gasteiger partial charge in [-0.1, -0.05) is 42.8 Å². The average molecular weight is 410 g/mol. The van der Waals surface area contributed by atoms with Gasteiger partial charge < -0.3 is 9.64 Å². The van der Waals surface area contributed by atoms with Crippen LogP contribution >= 0.6 is 11.6 Å². The molecule has 2 aromatic carbocycles. The maximum Gasteiger partial charge on any atom is 0.261 e. The molecule has 3 rings (SSSR count). The molecule has 0 saturated carbocycles. The van der Waals surface area contributed by atoms with Crippen LogP contribution in [0.3, 0.4) is 0 Å². The fourth-order valence-corrected chi connectivity index (χ4v) is 5.51. The average Bonchev–Trinajstić information content (AvgIpc) is 3.00. The molecule has 1 saturated heterocycles. The Morgan fingerprint density at radius 1 is 1.26 bits per heavy atom. The first kappa shape index (κ1) is 20.0. The molecule has 0 aromatic heterocycles. The van der Waals surface area contributed by atoms with Gasteiger partial charge in [-0.15, -0.1) is 0 Å². The standard InChI is InChI=1S/C20H24ClNO4S/c1-3-14(2)22(15-10-11-27(24,25)13-15)20(23)12-26-19-9-8-18(21)16-6-4-5-7-17(16)19/h4-9,14-15H,3,10-13H2,1-2H3/t14-,15-/m0/s1. The Hall–Kier alpha value is -1.79. The van der Waals surface area contributed by atoms with E-state index in [0.29, 0.717) is 17.2 Å². The third-order valence-corrected chi connectivity index (χ3v) is 7.22. The molecule has 5 nitrogen and oxygen atoms in total. The summed E-state index contributed by atoms with van der Waals surface area (Å²) in [6.07, 6.45) is 1.24. The van der Waals surface area contributed by atoms with Crippen LogP contribution in [-0.2, 0) is 14.6 Å². The lowest BCUT2D eigenvalue weighted by Crippen LogP contribution is -2.48. The van der Waals surface area contributed by atoms with Gasteiger partial charge >= 0.3 is 0 Å². The Balaban J connectivity index is 1.78. The van der Waals surface area contributed by atoms with Gasteiger partial charge in [0, 0.05) is 27.9 Å². The van der Waals surface area contributed by atoms with E-state index in [-0.39, 0.29) is 36.1 Å². The van der Waals surface area contributed by atoms with Crippen LogP contribution in [0, 0.1) is 0 Å². The van der Waals surface area contributed by atoms with E-state index < -0.39 is 9.84 Å². The molecule has 1 aliphatic rings. The highest BCUT2D eigenvalue weighted by atomic mass is 35.5. The van der Waals surface area contributed by atoms with Gasteiger partial charge in [0.2, 0.25) is 0 Å². The maximum atomic E-state index is 12.9. The van der Waals surface area contributed by atoms with Gasteiger partial charge in [-0.2, -0.15) is 0 Å². The van der Waals surface area contributed by atoms with Crippen LogP contribution in [0.1, 0.15) is 26.7 Å². The summed E-state index contributed by atoms with van der Waals surface area (Å²) in [6, 6.07) is 10.8. The summed E-state index contributed by atoms with van der Waals surface area (Å²) < 4.78 is 29.5. The van der Waals surface area contributed by atoms with Gasteiger partial charge in [0.05, 0.1) is 11.5 Å². The van der Waals surface area contributed by atoms with E-state index >= 15 is 0 Å². The molecule has 0 radical (unpaired) electrons. The molecule has 0 bridgehead atoms. The van der Waals surface area contributed by atoms with Crippen molar-refractivity contribution in [2.24, 2.45) is 0 Å². The Morgan fingerprint density at radius 3 is 2.59 bits per heavy atom. The van der Waals surface area contributed by atoms with Crippen molar-refractivity contribution >= 4 is 38.1 Å². The van der Waals surface area contributed by atoms with Gasteiger partial charge in [-0.3, -0.25) is 4.79 Å². The van der Waals surface area contributed by atoms with Crippen LogP contribution in [0.5, 0.6) is 5.75 Å².